The van der Waals surface area contributed by atoms with Gasteiger partial charge in [-0.15, -0.1) is 0 Å². The fraction of sp³-hybridized carbons (Fsp3) is 0.500. The fourth-order valence-electron chi connectivity index (χ4n) is 3.88. The van der Waals surface area contributed by atoms with Gasteiger partial charge in [0, 0.05) is 5.41 Å². The molecular formula is C16H20. The topological polar surface area (TPSA) is 0 Å². The molecule has 1 atom stereocenters. The Morgan fingerprint density at radius 3 is 2.25 bits per heavy atom. The number of rotatable bonds is 1. The molecule has 0 aromatic rings. The molecule has 3 aliphatic carbocycles. The lowest BCUT2D eigenvalue weighted by Gasteiger charge is -2.31. The van der Waals surface area contributed by atoms with Crippen LogP contribution in [0.5, 0.6) is 0 Å². The monoisotopic (exact) mass is 212 g/mol. The summed E-state index contributed by atoms with van der Waals surface area (Å²) in [5.74, 6) is 0. The molecular weight excluding hydrogens is 192 g/mol. The second kappa shape index (κ2) is 3.00. The van der Waals surface area contributed by atoms with E-state index in [9.17, 15) is 0 Å². The van der Waals surface area contributed by atoms with Crippen molar-refractivity contribution in [3.05, 3.63) is 45.6 Å². The third kappa shape index (κ3) is 1.10. The predicted octanol–water partition coefficient (Wildman–Crippen LogP) is 4.71. The summed E-state index contributed by atoms with van der Waals surface area (Å²) in [7, 11) is 0. The third-order valence-corrected chi connectivity index (χ3v) is 4.69. The Labute approximate surface area is 98.4 Å². The average Bonchev–Trinajstić information content (AvgIpc) is 2.80. The van der Waals surface area contributed by atoms with Crippen LogP contribution in [0.25, 0.3) is 0 Å². The van der Waals surface area contributed by atoms with Crippen molar-refractivity contribution in [3.63, 3.8) is 0 Å². The van der Waals surface area contributed by atoms with Crippen LogP contribution in [0.2, 0.25) is 0 Å². The van der Waals surface area contributed by atoms with Crippen molar-refractivity contribution in [2.24, 2.45) is 5.41 Å². The lowest BCUT2D eigenvalue weighted by Crippen LogP contribution is -2.19. The minimum absolute atomic E-state index is 0.260. The summed E-state index contributed by atoms with van der Waals surface area (Å²) in [5.41, 5.74) is 9.83. The van der Waals surface area contributed by atoms with Gasteiger partial charge in [0.2, 0.25) is 0 Å². The van der Waals surface area contributed by atoms with E-state index in [0.29, 0.717) is 0 Å². The molecule has 16 heavy (non-hydrogen) atoms. The lowest BCUT2D eigenvalue weighted by atomic mass is 9.72. The molecule has 0 fully saturated rings. The zero-order valence-corrected chi connectivity index (χ0v) is 10.8. The number of hydrogen-bond donors (Lipinski definition) is 0. The quantitative estimate of drug-likeness (QED) is 0.590. The maximum Gasteiger partial charge on any atom is 0.0292 e. The van der Waals surface area contributed by atoms with Crippen LogP contribution >= 0.6 is 0 Å². The Bertz CT molecular complexity index is 494. The Morgan fingerprint density at radius 2 is 1.81 bits per heavy atom. The van der Waals surface area contributed by atoms with Crippen molar-refractivity contribution in [3.8, 4) is 0 Å². The van der Waals surface area contributed by atoms with Gasteiger partial charge >= 0.3 is 0 Å². The molecule has 0 spiro atoms. The first-order valence-corrected chi connectivity index (χ1v) is 6.32. The Balaban J connectivity index is 2.08. The Kier molecular flexibility index (Phi) is 1.90. The van der Waals surface area contributed by atoms with E-state index in [-0.39, 0.29) is 5.41 Å². The van der Waals surface area contributed by atoms with Crippen LogP contribution in [0.15, 0.2) is 45.6 Å². The molecule has 1 unspecified atom stereocenters. The summed E-state index contributed by atoms with van der Waals surface area (Å²) in [6, 6.07) is 0. The van der Waals surface area contributed by atoms with Crippen LogP contribution in [0.3, 0.4) is 0 Å². The first kappa shape index (κ1) is 10.1. The molecule has 0 heterocycles. The van der Waals surface area contributed by atoms with Gasteiger partial charge in [-0.05, 0) is 63.7 Å². The molecule has 0 nitrogen and oxygen atoms in total. The van der Waals surface area contributed by atoms with E-state index in [1.165, 1.54) is 30.4 Å². The van der Waals surface area contributed by atoms with Gasteiger partial charge in [-0.2, -0.15) is 0 Å². The maximum atomic E-state index is 2.53. The molecule has 3 rings (SSSR count). The molecule has 0 radical (unpaired) electrons. The molecule has 0 aromatic heterocycles. The van der Waals surface area contributed by atoms with Crippen LogP contribution in [0.1, 0.15) is 47.0 Å². The van der Waals surface area contributed by atoms with Gasteiger partial charge in [0.05, 0.1) is 0 Å². The smallest absolute Gasteiger partial charge is 0.0292 e. The first-order chi connectivity index (χ1) is 7.52. The predicted molar refractivity (Wildman–Crippen MR) is 69.2 cm³/mol. The second-order valence-corrected chi connectivity index (χ2v) is 5.80. The minimum atomic E-state index is 0.260. The summed E-state index contributed by atoms with van der Waals surface area (Å²) in [4.78, 5) is 0. The first-order valence-electron chi connectivity index (χ1n) is 6.32. The van der Waals surface area contributed by atoms with E-state index >= 15 is 0 Å². The Hall–Kier alpha value is -1.04. The van der Waals surface area contributed by atoms with Gasteiger partial charge in [-0.25, -0.2) is 0 Å². The van der Waals surface area contributed by atoms with Gasteiger partial charge in [0.1, 0.15) is 0 Å². The van der Waals surface area contributed by atoms with Gasteiger partial charge in [-0.1, -0.05) is 28.9 Å². The average molecular weight is 212 g/mol. The highest BCUT2D eigenvalue weighted by Crippen LogP contribution is 2.56. The largest absolute Gasteiger partial charge is 0.0689 e. The summed E-state index contributed by atoms with van der Waals surface area (Å²) in [5, 5.41) is 0. The van der Waals surface area contributed by atoms with Gasteiger partial charge < -0.3 is 0 Å². The number of allylic oxidation sites excluding steroid dienone is 8. The number of hydrogen-bond acceptors (Lipinski definition) is 0. The van der Waals surface area contributed by atoms with Crippen molar-refractivity contribution >= 4 is 0 Å². The lowest BCUT2D eigenvalue weighted by molar-refractivity contribution is 0.565. The van der Waals surface area contributed by atoms with Crippen molar-refractivity contribution in [1.29, 1.82) is 0 Å². The van der Waals surface area contributed by atoms with Crippen molar-refractivity contribution in [2.45, 2.75) is 47.0 Å². The highest BCUT2D eigenvalue weighted by molar-refractivity contribution is 5.59. The highest BCUT2D eigenvalue weighted by atomic mass is 14.5. The second-order valence-electron chi connectivity index (χ2n) is 5.80. The van der Waals surface area contributed by atoms with Crippen LogP contribution in [-0.4, -0.2) is 0 Å². The SMILES string of the molecule is CC1=CC(C)=C(C2(C)C=C3CCC2=C3C)C1. The van der Waals surface area contributed by atoms with E-state index in [1.54, 1.807) is 22.3 Å². The molecule has 0 saturated heterocycles. The zero-order chi connectivity index (χ0) is 11.5. The van der Waals surface area contributed by atoms with Crippen molar-refractivity contribution < 1.29 is 0 Å². The van der Waals surface area contributed by atoms with Gasteiger partial charge in [0.15, 0.2) is 0 Å². The fourth-order valence-corrected chi connectivity index (χ4v) is 3.88. The summed E-state index contributed by atoms with van der Waals surface area (Å²) >= 11 is 0. The Morgan fingerprint density at radius 1 is 1.06 bits per heavy atom. The van der Waals surface area contributed by atoms with Crippen LogP contribution < -0.4 is 0 Å². The standard InChI is InChI=1S/C16H20/c1-10-7-11(2)15(8-10)16(4)9-13-5-6-14(16)12(13)3/h7,9H,5-6,8H2,1-4H3. The highest BCUT2D eigenvalue weighted by Gasteiger charge is 2.42. The van der Waals surface area contributed by atoms with Gasteiger partial charge in [0.25, 0.3) is 0 Å². The molecule has 0 N–H and O–H groups in total. The van der Waals surface area contributed by atoms with E-state index in [4.69, 9.17) is 0 Å². The van der Waals surface area contributed by atoms with Crippen molar-refractivity contribution in [2.75, 3.05) is 0 Å². The molecule has 0 aromatic carbocycles. The van der Waals surface area contributed by atoms with Crippen LogP contribution in [0, 0.1) is 5.41 Å². The van der Waals surface area contributed by atoms with Gasteiger partial charge in [-0.3, -0.25) is 0 Å². The summed E-state index contributed by atoms with van der Waals surface area (Å²) in [6.45, 7) is 9.26. The molecule has 0 heteroatoms. The molecule has 0 aliphatic heterocycles. The van der Waals surface area contributed by atoms with E-state index in [2.05, 4.69) is 39.8 Å². The van der Waals surface area contributed by atoms with Crippen molar-refractivity contribution in [1.82, 2.24) is 0 Å². The van der Waals surface area contributed by atoms with E-state index < -0.39 is 0 Å². The normalized spacial score (nSPS) is 32.8. The molecule has 3 aliphatic rings. The molecule has 0 amide bonds. The molecule has 2 bridgehead atoms. The molecule has 0 saturated carbocycles. The summed E-state index contributed by atoms with van der Waals surface area (Å²) in [6.07, 6.45) is 8.66. The van der Waals surface area contributed by atoms with Crippen LogP contribution in [0.4, 0.5) is 0 Å². The zero-order valence-electron chi connectivity index (χ0n) is 10.8. The summed E-state index contributed by atoms with van der Waals surface area (Å²) < 4.78 is 0. The van der Waals surface area contributed by atoms with Crippen LogP contribution in [-0.2, 0) is 0 Å². The third-order valence-electron chi connectivity index (χ3n) is 4.69. The minimum Gasteiger partial charge on any atom is -0.0689 e. The maximum absolute atomic E-state index is 2.53. The van der Waals surface area contributed by atoms with E-state index in [0.717, 1.165) is 0 Å². The van der Waals surface area contributed by atoms with E-state index in [1.807, 2.05) is 0 Å². The number of fused-ring (bicyclic) bond motifs is 1. The molecule has 84 valence electrons.